The summed E-state index contributed by atoms with van der Waals surface area (Å²) >= 11 is 0. The maximum Gasteiger partial charge on any atom is 0.127 e. The number of ether oxygens (including phenoxy) is 2. The summed E-state index contributed by atoms with van der Waals surface area (Å²) in [5.74, 6) is 2.04. The maximum absolute atomic E-state index is 6.47. The van der Waals surface area contributed by atoms with Crippen molar-refractivity contribution in [2.45, 2.75) is 25.0 Å². The van der Waals surface area contributed by atoms with Gasteiger partial charge < -0.3 is 14.8 Å². The first-order chi connectivity index (χ1) is 16.3. The van der Waals surface area contributed by atoms with Crippen molar-refractivity contribution in [1.82, 2.24) is 5.32 Å². The van der Waals surface area contributed by atoms with Gasteiger partial charge in [-0.25, -0.2) is 0 Å². The topological polar surface area (TPSA) is 30.5 Å². The Kier molecular flexibility index (Phi) is 8.37. The number of benzene rings is 4. The van der Waals surface area contributed by atoms with Crippen LogP contribution in [0.5, 0.6) is 11.5 Å². The molecule has 1 fully saturated rings. The fourth-order valence-corrected chi connectivity index (χ4v) is 4.49. The Labute approximate surface area is 208 Å². The normalized spacial score (nSPS) is 17.5. The minimum absolute atomic E-state index is 0. The van der Waals surface area contributed by atoms with E-state index < -0.39 is 0 Å². The van der Waals surface area contributed by atoms with Crippen molar-refractivity contribution >= 4 is 12.4 Å². The Balaban J connectivity index is 0.00000274. The lowest BCUT2D eigenvalue weighted by Crippen LogP contribution is -2.41. The molecule has 0 saturated carbocycles. The van der Waals surface area contributed by atoms with Gasteiger partial charge in [0.15, 0.2) is 0 Å². The third-order valence-electron chi connectivity index (χ3n) is 6.19. The predicted molar refractivity (Wildman–Crippen MR) is 141 cm³/mol. The summed E-state index contributed by atoms with van der Waals surface area (Å²) in [6, 6.07) is 37.5. The molecule has 0 radical (unpaired) electrons. The average Bonchev–Trinajstić information content (AvgIpc) is 2.89. The van der Waals surface area contributed by atoms with E-state index in [2.05, 4.69) is 72.0 Å². The van der Waals surface area contributed by atoms with Crippen LogP contribution in [0.2, 0.25) is 0 Å². The van der Waals surface area contributed by atoms with E-state index >= 15 is 0 Å². The highest BCUT2D eigenvalue weighted by molar-refractivity contribution is 5.85. The van der Waals surface area contributed by atoms with Gasteiger partial charge in [-0.2, -0.15) is 0 Å². The largest absolute Gasteiger partial charge is 0.457 e. The quantitative estimate of drug-likeness (QED) is 0.308. The summed E-state index contributed by atoms with van der Waals surface area (Å²) in [5, 5.41) is 3.51. The molecule has 34 heavy (non-hydrogen) atoms. The summed E-state index contributed by atoms with van der Waals surface area (Å²) in [6.07, 6.45) is 1.20. The highest BCUT2D eigenvalue weighted by atomic mass is 35.5. The molecule has 4 heteroatoms. The SMILES string of the molecule is Cl.c1ccc(Oc2cccc(COC3CNCCC3c3cccc(-c4ccccc4)c3)c2)cc1. The van der Waals surface area contributed by atoms with Gasteiger partial charge >= 0.3 is 0 Å². The molecule has 3 nitrogen and oxygen atoms in total. The number of halogens is 1. The van der Waals surface area contributed by atoms with Crippen LogP contribution in [0.3, 0.4) is 0 Å². The summed E-state index contributed by atoms with van der Waals surface area (Å²) in [6.45, 7) is 2.44. The molecule has 1 N–H and O–H groups in total. The Morgan fingerprint density at radius 3 is 2.24 bits per heavy atom. The van der Waals surface area contributed by atoms with Crippen molar-refractivity contribution in [2.75, 3.05) is 13.1 Å². The molecular formula is C30H30ClNO2. The minimum atomic E-state index is 0. The second-order valence-electron chi connectivity index (χ2n) is 8.50. The van der Waals surface area contributed by atoms with Gasteiger partial charge in [-0.05, 0) is 59.5 Å². The van der Waals surface area contributed by atoms with Crippen LogP contribution in [0.1, 0.15) is 23.5 Å². The Morgan fingerprint density at radius 2 is 1.41 bits per heavy atom. The van der Waals surface area contributed by atoms with Crippen molar-refractivity contribution in [1.29, 1.82) is 0 Å². The van der Waals surface area contributed by atoms with Gasteiger partial charge in [-0.15, -0.1) is 12.4 Å². The zero-order chi connectivity index (χ0) is 22.3. The second kappa shape index (κ2) is 11.8. The molecule has 1 aliphatic rings. The van der Waals surface area contributed by atoms with Crippen LogP contribution in [-0.4, -0.2) is 19.2 Å². The van der Waals surface area contributed by atoms with Gasteiger partial charge in [-0.1, -0.05) is 84.9 Å². The zero-order valence-corrected chi connectivity index (χ0v) is 19.9. The van der Waals surface area contributed by atoms with Crippen molar-refractivity contribution in [2.24, 2.45) is 0 Å². The van der Waals surface area contributed by atoms with Crippen molar-refractivity contribution in [3.63, 3.8) is 0 Å². The second-order valence-corrected chi connectivity index (χ2v) is 8.50. The number of piperidine rings is 1. The van der Waals surface area contributed by atoms with Crippen LogP contribution in [0, 0.1) is 0 Å². The van der Waals surface area contributed by atoms with Crippen molar-refractivity contribution in [3.8, 4) is 22.6 Å². The zero-order valence-electron chi connectivity index (χ0n) is 19.1. The summed E-state index contributed by atoms with van der Waals surface area (Å²) in [5.41, 5.74) is 4.98. The molecule has 174 valence electrons. The molecule has 0 aliphatic carbocycles. The van der Waals surface area contributed by atoms with E-state index in [1.807, 2.05) is 42.5 Å². The summed E-state index contributed by atoms with van der Waals surface area (Å²) < 4.78 is 12.5. The number of hydrogen-bond donors (Lipinski definition) is 1. The van der Waals surface area contributed by atoms with Gasteiger partial charge in [0.1, 0.15) is 11.5 Å². The van der Waals surface area contributed by atoms with E-state index in [-0.39, 0.29) is 18.5 Å². The van der Waals surface area contributed by atoms with Crippen LogP contribution in [-0.2, 0) is 11.3 Å². The molecule has 0 aromatic heterocycles. The fourth-order valence-electron chi connectivity index (χ4n) is 4.49. The van der Waals surface area contributed by atoms with Gasteiger partial charge in [0.25, 0.3) is 0 Å². The molecule has 2 atom stereocenters. The molecule has 1 aliphatic heterocycles. The first-order valence-electron chi connectivity index (χ1n) is 11.6. The third-order valence-corrected chi connectivity index (χ3v) is 6.19. The monoisotopic (exact) mass is 471 g/mol. The number of para-hydroxylation sites is 1. The molecule has 0 amide bonds. The van der Waals surface area contributed by atoms with Gasteiger partial charge in [-0.3, -0.25) is 0 Å². The van der Waals surface area contributed by atoms with Crippen LogP contribution in [0.4, 0.5) is 0 Å². The van der Waals surface area contributed by atoms with Crippen LogP contribution >= 0.6 is 12.4 Å². The lowest BCUT2D eigenvalue weighted by molar-refractivity contribution is 0.0106. The molecule has 4 aromatic rings. The first kappa shape index (κ1) is 24.0. The predicted octanol–water partition coefficient (Wildman–Crippen LogP) is 7.23. The van der Waals surface area contributed by atoms with E-state index in [0.29, 0.717) is 12.5 Å². The number of nitrogens with one attached hydrogen (secondary N) is 1. The smallest absolute Gasteiger partial charge is 0.127 e. The van der Waals surface area contributed by atoms with E-state index in [0.717, 1.165) is 36.6 Å². The molecular weight excluding hydrogens is 442 g/mol. The molecule has 1 heterocycles. The van der Waals surface area contributed by atoms with Gasteiger partial charge in [0, 0.05) is 12.5 Å². The third kappa shape index (κ3) is 6.06. The lowest BCUT2D eigenvalue weighted by atomic mass is 9.86. The summed E-state index contributed by atoms with van der Waals surface area (Å²) in [7, 11) is 0. The van der Waals surface area contributed by atoms with E-state index in [9.17, 15) is 0 Å². The number of hydrogen-bond acceptors (Lipinski definition) is 3. The van der Waals surface area contributed by atoms with E-state index in [1.54, 1.807) is 0 Å². The van der Waals surface area contributed by atoms with Gasteiger partial charge in [0.2, 0.25) is 0 Å². The molecule has 2 unspecified atom stereocenters. The van der Waals surface area contributed by atoms with E-state index in [1.165, 1.54) is 16.7 Å². The lowest BCUT2D eigenvalue weighted by Gasteiger charge is -2.33. The highest BCUT2D eigenvalue weighted by Gasteiger charge is 2.27. The Bertz CT molecular complexity index is 1170. The average molecular weight is 472 g/mol. The standard InChI is InChI=1S/C30H29NO2.ClH/c1-3-10-24(11-4-1)25-12-8-13-26(20-25)29-17-18-31-21-30(29)32-22-23-9-7-16-28(19-23)33-27-14-5-2-6-15-27;/h1-16,19-20,29-31H,17-18,21-22H2;1H. The minimum Gasteiger partial charge on any atom is -0.457 e. The first-order valence-corrected chi connectivity index (χ1v) is 11.6. The molecule has 0 bridgehead atoms. The Morgan fingerprint density at radius 1 is 0.706 bits per heavy atom. The van der Waals surface area contributed by atoms with Crippen LogP contribution < -0.4 is 10.1 Å². The number of rotatable bonds is 7. The molecule has 4 aromatic carbocycles. The molecule has 1 saturated heterocycles. The maximum atomic E-state index is 6.47. The molecule has 5 rings (SSSR count). The molecule has 0 spiro atoms. The van der Waals surface area contributed by atoms with Crippen LogP contribution in [0.15, 0.2) is 109 Å². The van der Waals surface area contributed by atoms with Crippen molar-refractivity contribution < 1.29 is 9.47 Å². The highest BCUT2D eigenvalue weighted by Crippen LogP contribution is 2.31. The summed E-state index contributed by atoms with van der Waals surface area (Å²) in [4.78, 5) is 0. The fraction of sp³-hybridized carbons (Fsp3) is 0.200. The van der Waals surface area contributed by atoms with Gasteiger partial charge in [0.05, 0.1) is 12.7 Å². The Hall–Kier alpha value is -3.11. The van der Waals surface area contributed by atoms with E-state index in [4.69, 9.17) is 9.47 Å². The van der Waals surface area contributed by atoms with Crippen LogP contribution in [0.25, 0.3) is 11.1 Å². The van der Waals surface area contributed by atoms with Crippen molar-refractivity contribution in [3.05, 3.63) is 120 Å².